The Morgan fingerprint density at radius 3 is 2.02 bits per heavy atom. The molecule has 4 heterocycles. The molecule has 0 fully saturated rings. The van der Waals surface area contributed by atoms with Crippen molar-refractivity contribution in [1.82, 2.24) is 9.97 Å². The van der Waals surface area contributed by atoms with E-state index in [-0.39, 0.29) is 0 Å². The molecule has 11 rings (SSSR count). The van der Waals surface area contributed by atoms with Crippen LogP contribution in [0.1, 0.15) is 11.1 Å². The third-order valence-electron chi connectivity index (χ3n) is 10.8. The molecular weight excluding hydrogens is 633 g/mol. The fourth-order valence-electron chi connectivity index (χ4n) is 8.44. The molecule has 0 atom stereocenters. The molecule has 0 spiro atoms. The Hall–Kier alpha value is -6.78. The molecule has 0 aliphatic carbocycles. The predicted octanol–water partition coefficient (Wildman–Crippen LogP) is 12.1. The van der Waals surface area contributed by atoms with E-state index in [1.807, 2.05) is 0 Å². The minimum atomic E-state index is 0.834. The number of hydrogen-bond acceptors (Lipinski definition) is 4. The van der Waals surface area contributed by atoms with Crippen molar-refractivity contribution >= 4 is 77.7 Å². The Labute approximate surface area is 300 Å². The second kappa shape index (κ2) is 11.4. The molecule has 2 N–H and O–H groups in total. The zero-order valence-corrected chi connectivity index (χ0v) is 28.3. The summed E-state index contributed by atoms with van der Waals surface area (Å²) in [5.74, 6) is 0. The van der Waals surface area contributed by atoms with Gasteiger partial charge in [-0.05, 0) is 69.1 Å². The van der Waals surface area contributed by atoms with Crippen molar-refractivity contribution in [3.63, 3.8) is 0 Å². The number of hydrogen-bond donors (Lipinski definition) is 2. The largest absolute Gasteiger partial charge is 0.379 e. The third-order valence-corrected chi connectivity index (χ3v) is 10.8. The number of rotatable bonds is 3. The van der Waals surface area contributed by atoms with E-state index in [4.69, 9.17) is 9.97 Å². The predicted molar refractivity (Wildman–Crippen MR) is 221 cm³/mol. The van der Waals surface area contributed by atoms with Gasteiger partial charge in [0, 0.05) is 56.9 Å². The van der Waals surface area contributed by atoms with Crippen molar-refractivity contribution in [2.75, 3.05) is 23.7 Å². The zero-order chi connectivity index (χ0) is 34.2. The second-order valence-corrected chi connectivity index (χ2v) is 13.7. The highest BCUT2D eigenvalue weighted by Gasteiger charge is 2.21. The Kier molecular flexibility index (Phi) is 6.34. The van der Waals surface area contributed by atoms with Crippen LogP contribution in [0.2, 0.25) is 0 Å². The molecule has 2 aliphatic rings. The summed E-state index contributed by atoms with van der Waals surface area (Å²) in [5, 5.41) is 16.9. The standard InChI is InChI=1S/C48H32N4/c1-3-15-36-34(13-1)35-14-2-4-16-37(35)45-44(36)39-17-5-6-19-43(39)52-46(45)32-11-7-10-30(27-32)41-23-21-31-26-29(20-22-42(31)51-41)40-28-33-12-8-24-49-47(33)48-38(40)18-9-25-50-48/h1-23,26-28,49-50H,24-25H2. The number of aromatic nitrogens is 2. The fourth-order valence-corrected chi connectivity index (χ4v) is 8.44. The summed E-state index contributed by atoms with van der Waals surface area (Å²) in [6, 6.07) is 48.1. The van der Waals surface area contributed by atoms with Gasteiger partial charge in [0.2, 0.25) is 0 Å². The van der Waals surface area contributed by atoms with Gasteiger partial charge in [0.25, 0.3) is 0 Å². The minimum absolute atomic E-state index is 0.834. The topological polar surface area (TPSA) is 49.8 Å². The lowest BCUT2D eigenvalue weighted by Gasteiger charge is -2.25. The lowest BCUT2D eigenvalue weighted by molar-refractivity contribution is 1.26. The van der Waals surface area contributed by atoms with Gasteiger partial charge in [0.05, 0.1) is 33.8 Å². The van der Waals surface area contributed by atoms with Crippen molar-refractivity contribution in [1.29, 1.82) is 0 Å². The van der Waals surface area contributed by atoms with Crippen LogP contribution in [-0.2, 0) is 0 Å². The SMILES string of the molecule is C1=Cc2cc(-c3ccc4nc(-c5cccc(-c6nc7ccccc7c7c8ccccc8c8ccccc8c67)c5)ccc4c3)c3c(c2NC1)NCC=C3. The first-order valence-corrected chi connectivity index (χ1v) is 17.9. The zero-order valence-electron chi connectivity index (χ0n) is 28.3. The second-order valence-electron chi connectivity index (χ2n) is 13.7. The van der Waals surface area contributed by atoms with Gasteiger partial charge in [-0.2, -0.15) is 0 Å². The molecule has 2 aliphatic heterocycles. The van der Waals surface area contributed by atoms with Crippen LogP contribution < -0.4 is 10.6 Å². The van der Waals surface area contributed by atoms with Crippen molar-refractivity contribution in [3.05, 3.63) is 157 Å². The summed E-state index contributed by atoms with van der Waals surface area (Å²) in [7, 11) is 0. The first-order chi connectivity index (χ1) is 25.8. The van der Waals surface area contributed by atoms with Crippen molar-refractivity contribution in [2.24, 2.45) is 0 Å². The van der Waals surface area contributed by atoms with Crippen LogP contribution in [0.15, 0.2) is 146 Å². The molecule has 0 radical (unpaired) electrons. The summed E-state index contributed by atoms with van der Waals surface area (Å²) in [6.07, 6.45) is 8.85. The molecule has 0 saturated carbocycles. The van der Waals surface area contributed by atoms with Gasteiger partial charge in [-0.1, -0.05) is 121 Å². The highest BCUT2D eigenvalue weighted by molar-refractivity contribution is 6.33. The van der Waals surface area contributed by atoms with Crippen LogP contribution in [0.25, 0.3) is 99.9 Å². The summed E-state index contributed by atoms with van der Waals surface area (Å²) in [4.78, 5) is 10.6. The van der Waals surface area contributed by atoms with E-state index in [0.717, 1.165) is 52.0 Å². The number of nitrogens with zero attached hydrogens (tertiary/aromatic N) is 2. The number of para-hydroxylation sites is 1. The molecule has 9 aromatic rings. The molecule has 4 heteroatoms. The maximum absolute atomic E-state index is 5.37. The van der Waals surface area contributed by atoms with Crippen LogP contribution in [0.4, 0.5) is 11.4 Å². The normalized spacial score (nSPS) is 13.4. The summed E-state index contributed by atoms with van der Waals surface area (Å²) >= 11 is 0. The van der Waals surface area contributed by atoms with Gasteiger partial charge in [0.15, 0.2) is 0 Å². The number of pyridine rings is 2. The average Bonchev–Trinajstić information content (AvgIpc) is 3.22. The molecule has 0 amide bonds. The highest BCUT2D eigenvalue weighted by atomic mass is 15.0. The maximum Gasteiger partial charge on any atom is 0.0794 e. The quantitative estimate of drug-likeness (QED) is 0.185. The van der Waals surface area contributed by atoms with Gasteiger partial charge in [-0.3, -0.25) is 0 Å². The Bertz CT molecular complexity index is 3030. The Morgan fingerprint density at radius 2 is 1.17 bits per heavy atom. The lowest BCUT2D eigenvalue weighted by atomic mass is 9.89. The number of anilines is 2. The van der Waals surface area contributed by atoms with Gasteiger partial charge in [-0.25, -0.2) is 9.97 Å². The summed E-state index contributed by atoms with van der Waals surface area (Å²) in [6.45, 7) is 1.68. The van der Waals surface area contributed by atoms with Crippen LogP contribution in [-0.4, -0.2) is 23.1 Å². The fraction of sp³-hybridized carbons (Fsp3) is 0.0417. The van der Waals surface area contributed by atoms with Crippen LogP contribution in [0.5, 0.6) is 0 Å². The molecule has 0 bridgehead atoms. The maximum atomic E-state index is 5.37. The number of nitrogens with one attached hydrogen (secondary N) is 2. The Morgan fingerprint density at radius 1 is 0.462 bits per heavy atom. The van der Waals surface area contributed by atoms with E-state index in [0.29, 0.717) is 0 Å². The van der Waals surface area contributed by atoms with Crippen molar-refractivity contribution in [2.45, 2.75) is 0 Å². The molecule has 0 unspecified atom stereocenters. The van der Waals surface area contributed by atoms with E-state index in [2.05, 4.69) is 168 Å². The molecule has 4 nitrogen and oxygen atoms in total. The average molecular weight is 665 g/mol. The first kappa shape index (κ1) is 29.0. The van der Waals surface area contributed by atoms with E-state index in [9.17, 15) is 0 Å². The first-order valence-electron chi connectivity index (χ1n) is 17.9. The van der Waals surface area contributed by atoms with Gasteiger partial charge in [0.1, 0.15) is 0 Å². The smallest absolute Gasteiger partial charge is 0.0794 e. The number of fused-ring (bicyclic) bond motifs is 12. The molecule has 0 saturated heterocycles. The van der Waals surface area contributed by atoms with E-state index in [1.165, 1.54) is 71.3 Å². The molecule has 244 valence electrons. The summed E-state index contributed by atoms with van der Waals surface area (Å²) < 4.78 is 0. The number of benzene rings is 7. The van der Waals surface area contributed by atoms with Gasteiger partial charge in [-0.15, -0.1) is 0 Å². The van der Waals surface area contributed by atoms with Crippen molar-refractivity contribution < 1.29 is 0 Å². The van der Waals surface area contributed by atoms with Crippen LogP contribution >= 0.6 is 0 Å². The van der Waals surface area contributed by atoms with Crippen LogP contribution in [0, 0.1) is 0 Å². The third kappa shape index (κ3) is 4.41. The van der Waals surface area contributed by atoms with Gasteiger partial charge < -0.3 is 10.6 Å². The molecular formula is C48H32N4. The minimum Gasteiger partial charge on any atom is -0.379 e. The molecule has 2 aromatic heterocycles. The molecule has 52 heavy (non-hydrogen) atoms. The van der Waals surface area contributed by atoms with E-state index in [1.54, 1.807) is 0 Å². The van der Waals surface area contributed by atoms with Gasteiger partial charge >= 0.3 is 0 Å². The Balaban J connectivity index is 1.06. The highest BCUT2D eigenvalue weighted by Crippen LogP contribution is 2.44. The summed E-state index contributed by atoms with van der Waals surface area (Å²) in [5.41, 5.74) is 13.3. The molecule has 7 aromatic carbocycles. The van der Waals surface area contributed by atoms with Crippen LogP contribution in [0.3, 0.4) is 0 Å². The monoisotopic (exact) mass is 664 g/mol. The van der Waals surface area contributed by atoms with E-state index < -0.39 is 0 Å². The van der Waals surface area contributed by atoms with Crippen molar-refractivity contribution in [3.8, 4) is 33.6 Å². The van der Waals surface area contributed by atoms with E-state index >= 15 is 0 Å². The lowest BCUT2D eigenvalue weighted by Crippen LogP contribution is -2.13.